The minimum Gasteiger partial charge on any atom is -0.374 e. The number of nitrogens with zero attached hydrogens (tertiary/aromatic N) is 3. The van der Waals surface area contributed by atoms with Crippen molar-refractivity contribution >= 4 is 5.82 Å². The summed E-state index contributed by atoms with van der Waals surface area (Å²) in [5, 5.41) is 3.44. The van der Waals surface area contributed by atoms with Crippen molar-refractivity contribution in [2.24, 2.45) is 0 Å². The van der Waals surface area contributed by atoms with E-state index in [0.29, 0.717) is 12.1 Å². The first-order valence-corrected chi connectivity index (χ1v) is 7.35. The van der Waals surface area contributed by atoms with E-state index in [4.69, 9.17) is 4.74 Å². The fourth-order valence-electron chi connectivity index (χ4n) is 3.69. The highest BCUT2D eigenvalue weighted by atomic mass is 16.5. The lowest BCUT2D eigenvalue weighted by Gasteiger charge is -2.39. The zero-order chi connectivity index (χ0) is 12.7. The van der Waals surface area contributed by atoms with Crippen LogP contribution in [0.4, 0.5) is 5.82 Å². The average molecular weight is 260 g/mol. The molecule has 1 aromatic heterocycles. The number of rotatable bonds is 1. The van der Waals surface area contributed by atoms with Crippen LogP contribution in [0.1, 0.15) is 30.5 Å². The first kappa shape index (κ1) is 11.6. The second-order valence-corrected chi connectivity index (χ2v) is 5.65. The van der Waals surface area contributed by atoms with E-state index in [1.807, 2.05) is 0 Å². The fourth-order valence-corrected chi connectivity index (χ4v) is 3.69. The molecule has 5 heteroatoms. The number of aromatic nitrogens is 2. The van der Waals surface area contributed by atoms with E-state index < -0.39 is 0 Å². The highest BCUT2D eigenvalue weighted by Gasteiger charge is 2.37. The summed E-state index contributed by atoms with van der Waals surface area (Å²) >= 11 is 0. The van der Waals surface area contributed by atoms with Gasteiger partial charge in [0, 0.05) is 31.6 Å². The van der Waals surface area contributed by atoms with Crippen LogP contribution in [0.5, 0.6) is 0 Å². The molecule has 1 aromatic rings. The van der Waals surface area contributed by atoms with E-state index in [1.54, 1.807) is 6.33 Å². The van der Waals surface area contributed by atoms with Crippen LogP contribution in [-0.2, 0) is 17.7 Å². The predicted octanol–water partition coefficient (Wildman–Crippen LogP) is 0.880. The van der Waals surface area contributed by atoms with Crippen LogP contribution in [-0.4, -0.2) is 41.8 Å². The quantitative estimate of drug-likeness (QED) is 0.812. The van der Waals surface area contributed by atoms with E-state index in [1.165, 1.54) is 30.5 Å². The normalized spacial score (nSPS) is 30.0. The van der Waals surface area contributed by atoms with Gasteiger partial charge in [-0.15, -0.1) is 0 Å². The third-order valence-corrected chi connectivity index (χ3v) is 4.61. The van der Waals surface area contributed by atoms with Gasteiger partial charge < -0.3 is 15.0 Å². The smallest absolute Gasteiger partial charge is 0.137 e. The molecule has 4 rings (SSSR count). The zero-order valence-electron chi connectivity index (χ0n) is 11.1. The number of ether oxygens (including phenoxy) is 1. The molecule has 102 valence electrons. The Balaban J connectivity index is 1.71. The first-order chi connectivity index (χ1) is 9.43. The summed E-state index contributed by atoms with van der Waals surface area (Å²) in [5.41, 5.74) is 2.53. The van der Waals surface area contributed by atoms with Gasteiger partial charge in [-0.1, -0.05) is 0 Å². The standard InChI is InChI=1S/C14H20N4O/c1-2-12-13(3-1)19-7-6-18(12)14-10-8-15-5-4-11(10)16-9-17-14/h9,12-13,15H,1-8H2. The first-order valence-electron chi connectivity index (χ1n) is 7.35. The molecule has 0 radical (unpaired) electrons. The number of fused-ring (bicyclic) bond motifs is 2. The Bertz CT molecular complexity index is 479. The van der Waals surface area contributed by atoms with Crippen molar-refractivity contribution in [1.29, 1.82) is 0 Å². The fraction of sp³-hybridized carbons (Fsp3) is 0.714. The highest BCUT2D eigenvalue weighted by Crippen LogP contribution is 2.34. The Labute approximate surface area is 113 Å². The molecule has 1 saturated carbocycles. The van der Waals surface area contributed by atoms with Gasteiger partial charge in [0.25, 0.3) is 0 Å². The maximum absolute atomic E-state index is 5.90. The Kier molecular flexibility index (Phi) is 2.89. The average Bonchev–Trinajstić information content (AvgIpc) is 2.95. The maximum atomic E-state index is 5.90. The summed E-state index contributed by atoms with van der Waals surface area (Å²) in [4.78, 5) is 11.5. The highest BCUT2D eigenvalue weighted by molar-refractivity contribution is 5.51. The van der Waals surface area contributed by atoms with E-state index in [2.05, 4.69) is 20.2 Å². The number of hydrogen-bond acceptors (Lipinski definition) is 5. The van der Waals surface area contributed by atoms with E-state index in [-0.39, 0.29) is 0 Å². The molecule has 2 fully saturated rings. The molecule has 0 amide bonds. The molecular formula is C14H20N4O. The summed E-state index contributed by atoms with van der Waals surface area (Å²) in [6.45, 7) is 3.72. The minimum atomic E-state index is 0.413. The predicted molar refractivity (Wildman–Crippen MR) is 72.2 cm³/mol. The monoisotopic (exact) mass is 260 g/mol. The van der Waals surface area contributed by atoms with Gasteiger partial charge in [0.2, 0.25) is 0 Å². The maximum Gasteiger partial charge on any atom is 0.137 e. The molecule has 19 heavy (non-hydrogen) atoms. The van der Waals surface area contributed by atoms with Crippen molar-refractivity contribution in [2.45, 2.75) is 44.4 Å². The van der Waals surface area contributed by atoms with Crippen LogP contribution >= 0.6 is 0 Å². The molecule has 0 aromatic carbocycles. The molecule has 3 heterocycles. The topological polar surface area (TPSA) is 50.3 Å². The van der Waals surface area contributed by atoms with Crippen LogP contribution in [0.2, 0.25) is 0 Å². The van der Waals surface area contributed by atoms with Crippen LogP contribution in [0.25, 0.3) is 0 Å². The third kappa shape index (κ3) is 1.92. The lowest BCUT2D eigenvalue weighted by atomic mass is 10.1. The molecule has 0 bridgehead atoms. The molecule has 3 aliphatic rings. The Morgan fingerprint density at radius 3 is 3.32 bits per heavy atom. The molecule has 5 nitrogen and oxygen atoms in total. The van der Waals surface area contributed by atoms with Gasteiger partial charge in [-0.05, 0) is 19.3 Å². The van der Waals surface area contributed by atoms with Crippen molar-refractivity contribution in [3.05, 3.63) is 17.6 Å². The largest absolute Gasteiger partial charge is 0.374 e. The van der Waals surface area contributed by atoms with Gasteiger partial charge in [-0.3, -0.25) is 0 Å². The molecule has 2 atom stereocenters. The van der Waals surface area contributed by atoms with Gasteiger partial charge in [0.15, 0.2) is 0 Å². The Hall–Kier alpha value is -1.20. The number of hydrogen-bond donors (Lipinski definition) is 1. The number of nitrogens with one attached hydrogen (secondary N) is 1. The summed E-state index contributed by atoms with van der Waals surface area (Å²) in [6, 6.07) is 0.523. The van der Waals surface area contributed by atoms with Crippen molar-refractivity contribution in [3.63, 3.8) is 0 Å². The van der Waals surface area contributed by atoms with Crippen LogP contribution in [0.3, 0.4) is 0 Å². The van der Waals surface area contributed by atoms with Crippen LogP contribution < -0.4 is 10.2 Å². The molecule has 1 saturated heterocycles. The second-order valence-electron chi connectivity index (χ2n) is 5.65. The number of anilines is 1. The second kappa shape index (κ2) is 4.72. The van der Waals surface area contributed by atoms with Gasteiger partial charge in [-0.25, -0.2) is 9.97 Å². The van der Waals surface area contributed by atoms with Crippen molar-refractivity contribution < 1.29 is 4.74 Å². The van der Waals surface area contributed by atoms with Gasteiger partial charge >= 0.3 is 0 Å². The molecule has 1 N–H and O–H groups in total. The molecule has 2 aliphatic heterocycles. The Morgan fingerprint density at radius 1 is 1.32 bits per heavy atom. The SMILES string of the molecule is c1nc2c(c(N3CCOC4CCCC43)n1)CNCC2. The van der Waals surface area contributed by atoms with Crippen LogP contribution in [0, 0.1) is 0 Å². The summed E-state index contributed by atoms with van der Waals surface area (Å²) in [7, 11) is 0. The van der Waals surface area contributed by atoms with Crippen molar-refractivity contribution in [3.8, 4) is 0 Å². The molecule has 2 unspecified atom stereocenters. The van der Waals surface area contributed by atoms with Gasteiger partial charge in [0.05, 0.1) is 24.4 Å². The summed E-state index contributed by atoms with van der Waals surface area (Å²) < 4.78 is 5.90. The van der Waals surface area contributed by atoms with Crippen LogP contribution in [0.15, 0.2) is 6.33 Å². The van der Waals surface area contributed by atoms with Crippen molar-refractivity contribution in [1.82, 2.24) is 15.3 Å². The van der Waals surface area contributed by atoms with Gasteiger partial charge in [-0.2, -0.15) is 0 Å². The molecule has 1 aliphatic carbocycles. The van der Waals surface area contributed by atoms with Gasteiger partial charge in [0.1, 0.15) is 12.1 Å². The summed E-state index contributed by atoms with van der Waals surface area (Å²) in [5.74, 6) is 1.15. The van der Waals surface area contributed by atoms with E-state index >= 15 is 0 Å². The van der Waals surface area contributed by atoms with E-state index in [9.17, 15) is 0 Å². The third-order valence-electron chi connectivity index (χ3n) is 4.61. The zero-order valence-corrected chi connectivity index (χ0v) is 11.1. The number of morpholine rings is 1. The molecule has 0 spiro atoms. The Morgan fingerprint density at radius 2 is 2.32 bits per heavy atom. The lowest BCUT2D eigenvalue weighted by Crippen LogP contribution is -2.49. The minimum absolute atomic E-state index is 0.413. The molecular weight excluding hydrogens is 240 g/mol. The summed E-state index contributed by atoms with van der Waals surface area (Å²) in [6.07, 6.45) is 6.87. The van der Waals surface area contributed by atoms with E-state index in [0.717, 1.165) is 38.5 Å². The lowest BCUT2D eigenvalue weighted by molar-refractivity contribution is 0.0252. The van der Waals surface area contributed by atoms with Crippen molar-refractivity contribution in [2.75, 3.05) is 24.6 Å².